The van der Waals surface area contributed by atoms with Crippen molar-refractivity contribution in [3.05, 3.63) is 27.2 Å². The van der Waals surface area contributed by atoms with E-state index in [-0.39, 0.29) is 68.7 Å². The summed E-state index contributed by atoms with van der Waals surface area (Å²) in [5.41, 5.74) is 3.90. The molecule has 4 aliphatic rings. The Morgan fingerprint density at radius 3 is 2.72 bits per heavy atom. The smallest absolute Gasteiger partial charge is 0.417 e. The van der Waals surface area contributed by atoms with Crippen LogP contribution in [0, 0.1) is 6.92 Å². The van der Waals surface area contributed by atoms with Gasteiger partial charge in [0.15, 0.2) is 0 Å². The zero-order chi connectivity index (χ0) is 32.7. The molecule has 0 radical (unpaired) electrons. The van der Waals surface area contributed by atoms with Crippen LogP contribution in [0.5, 0.6) is 11.9 Å². The molecule has 0 saturated carbocycles. The first-order valence-corrected chi connectivity index (χ1v) is 16.3. The summed E-state index contributed by atoms with van der Waals surface area (Å²) in [6, 6.07) is 1.10. The maximum absolute atomic E-state index is 14.6. The standard InChI is InChI=1S/C31H35Cl2F4N7O2/c1-4-17-12-44-20(10-39-17)15(3)46-28-21-26(24(33)25(40-28)18-8-19(38)23(32)14(2)22(18)31(35,36)37)41-29(42-27(21)44)45-13-30-6-5-7-43(30)11-16(34)9-30/h8,15-17,20,39H,4-7,9-13,38H2,1-3H3/t15-,16+,17+,20-,30-/m0/s1. The van der Waals surface area contributed by atoms with Crippen LogP contribution in [0.4, 0.5) is 29.1 Å². The fourth-order valence-electron chi connectivity index (χ4n) is 7.68. The van der Waals surface area contributed by atoms with Crippen molar-refractivity contribution in [3.8, 4) is 23.1 Å². The van der Waals surface area contributed by atoms with Crippen molar-refractivity contribution in [2.45, 2.75) is 82.5 Å². The Morgan fingerprint density at radius 1 is 1.20 bits per heavy atom. The molecular weight excluding hydrogens is 649 g/mol. The predicted octanol–water partition coefficient (Wildman–Crippen LogP) is 6.20. The molecule has 0 aliphatic carbocycles. The van der Waals surface area contributed by atoms with Crippen LogP contribution >= 0.6 is 23.2 Å². The lowest BCUT2D eigenvalue weighted by Gasteiger charge is -2.42. The lowest BCUT2D eigenvalue weighted by Crippen LogP contribution is -2.60. The lowest BCUT2D eigenvalue weighted by molar-refractivity contribution is -0.137. The topological polar surface area (TPSA) is 102 Å². The third-order valence-corrected chi connectivity index (χ3v) is 10.9. The average molecular weight is 685 g/mol. The van der Waals surface area contributed by atoms with Crippen LogP contribution in [0.2, 0.25) is 10.0 Å². The van der Waals surface area contributed by atoms with Crippen LogP contribution < -0.4 is 25.4 Å². The van der Waals surface area contributed by atoms with Crippen LogP contribution in [-0.2, 0) is 6.18 Å². The Balaban J connectivity index is 1.44. The molecule has 3 saturated heterocycles. The highest BCUT2D eigenvalue weighted by atomic mass is 35.5. The van der Waals surface area contributed by atoms with Crippen molar-refractivity contribution >= 4 is 45.6 Å². The first-order chi connectivity index (χ1) is 21.8. The van der Waals surface area contributed by atoms with Crippen molar-refractivity contribution in [2.75, 3.05) is 43.4 Å². The number of aromatic nitrogens is 3. The van der Waals surface area contributed by atoms with Gasteiger partial charge in [-0.2, -0.15) is 23.1 Å². The second kappa shape index (κ2) is 11.4. The third kappa shape index (κ3) is 5.09. The molecule has 0 spiro atoms. The molecule has 7 rings (SSSR count). The molecule has 1 aromatic carbocycles. The molecule has 0 amide bonds. The van der Waals surface area contributed by atoms with Gasteiger partial charge in [0.25, 0.3) is 0 Å². The molecule has 2 aromatic heterocycles. The maximum atomic E-state index is 14.6. The van der Waals surface area contributed by atoms with Crippen molar-refractivity contribution in [1.29, 1.82) is 0 Å². The fraction of sp³-hybridized carbons (Fsp3) is 0.581. The number of anilines is 2. The van der Waals surface area contributed by atoms with Gasteiger partial charge < -0.3 is 25.4 Å². The quantitative estimate of drug-likeness (QED) is 0.240. The van der Waals surface area contributed by atoms with Gasteiger partial charge in [-0.3, -0.25) is 4.90 Å². The van der Waals surface area contributed by atoms with E-state index in [1.54, 1.807) is 0 Å². The number of fused-ring (bicyclic) bond motifs is 3. The number of nitrogens with two attached hydrogens (primary N) is 1. The monoisotopic (exact) mass is 683 g/mol. The van der Waals surface area contributed by atoms with E-state index in [0.717, 1.165) is 31.9 Å². The van der Waals surface area contributed by atoms with Gasteiger partial charge in [0, 0.05) is 37.7 Å². The summed E-state index contributed by atoms with van der Waals surface area (Å²) in [5, 5.41) is 3.59. The highest BCUT2D eigenvalue weighted by molar-refractivity contribution is 6.38. The van der Waals surface area contributed by atoms with Crippen LogP contribution in [0.15, 0.2) is 6.07 Å². The van der Waals surface area contributed by atoms with Gasteiger partial charge in [0.05, 0.1) is 38.6 Å². The molecule has 3 aromatic rings. The van der Waals surface area contributed by atoms with Crippen LogP contribution in [-0.4, -0.2) is 82.5 Å². The minimum atomic E-state index is -4.80. The van der Waals surface area contributed by atoms with Gasteiger partial charge in [-0.1, -0.05) is 30.1 Å². The number of hydrogen-bond donors (Lipinski definition) is 2. The second-order valence-corrected chi connectivity index (χ2v) is 13.6. The minimum Gasteiger partial charge on any atom is -0.472 e. The number of nitrogen functional groups attached to an aromatic ring is 1. The Kier molecular flexibility index (Phi) is 7.85. The molecule has 4 aliphatic heterocycles. The number of benzene rings is 1. The highest BCUT2D eigenvalue weighted by Gasteiger charge is 2.50. The fourth-order valence-corrected chi connectivity index (χ4v) is 8.11. The van der Waals surface area contributed by atoms with Crippen molar-refractivity contribution in [1.82, 2.24) is 25.2 Å². The van der Waals surface area contributed by atoms with Crippen molar-refractivity contribution in [3.63, 3.8) is 0 Å². The largest absolute Gasteiger partial charge is 0.472 e. The number of alkyl halides is 4. The summed E-state index contributed by atoms with van der Waals surface area (Å²) in [7, 11) is 0. The summed E-state index contributed by atoms with van der Waals surface area (Å²) in [6.45, 7) is 7.72. The molecule has 0 unspecified atom stereocenters. The van der Waals surface area contributed by atoms with E-state index < -0.39 is 29.6 Å². The van der Waals surface area contributed by atoms with E-state index in [1.807, 2.05) is 6.92 Å². The number of hydrogen-bond acceptors (Lipinski definition) is 9. The molecule has 9 nitrogen and oxygen atoms in total. The molecule has 0 bridgehead atoms. The van der Waals surface area contributed by atoms with Gasteiger partial charge in [0.1, 0.15) is 35.6 Å². The number of halogens is 6. The molecule has 15 heteroatoms. The summed E-state index contributed by atoms with van der Waals surface area (Å²) in [6.07, 6.45) is -3.24. The zero-order valence-corrected chi connectivity index (χ0v) is 27.2. The van der Waals surface area contributed by atoms with Crippen LogP contribution in [0.1, 0.15) is 50.7 Å². The summed E-state index contributed by atoms with van der Waals surface area (Å²) in [4.78, 5) is 18.4. The summed E-state index contributed by atoms with van der Waals surface area (Å²) < 4.78 is 70.9. The van der Waals surface area contributed by atoms with E-state index in [9.17, 15) is 17.6 Å². The number of ether oxygens (including phenoxy) is 2. The van der Waals surface area contributed by atoms with E-state index >= 15 is 0 Å². The van der Waals surface area contributed by atoms with Crippen LogP contribution in [0.25, 0.3) is 22.2 Å². The molecular formula is C31H35Cl2F4N7O2. The number of pyridine rings is 1. The summed E-state index contributed by atoms with van der Waals surface area (Å²) >= 11 is 13.2. The van der Waals surface area contributed by atoms with Gasteiger partial charge in [-0.15, -0.1) is 0 Å². The SMILES string of the molecule is CC[C@@H]1CN2c3nc(OC[C@@]45CCCN4C[C@H](F)C5)nc4c(Cl)c(-c5cc(N)c(Cl)c(C)c5C(F)(F)F)nc(c34)O[C@@H](C)[C@@H]2CN1. The maximum Gasteiger partial charge on any atom is 0.417 e. The zero-order valence-electron chi connectivity index (χ0n) is 25.6. The van der Waals surface area contributed by atoms with E-state index in [0.29, 0.717) is 37.3 Å². The predicted molar refractivity (Wildman–Crippen MR) is 169 cm³/mol. The Labute approximate surface area is 273 Å². The molecule has 46 heavy (non-hydrogen) atoms. The first kappa shape index (κ1) is 31.7. The Hall–Kier alpha value is -2.87. The lowest BCUT2D eigenvalue weighted by atomic mass is 9.95. The highest BCUT2D eigenvalue weighted by Crippen LogP contribution is 2.49. The average Bonchev–Trinajstić information content (AvgIpc) is 3.50. The minimum absolute atomic E-state index is 0.00115. The van der Waals surface area contributed by atoms with Gasteiger partial charge in [-0.05, 0) is 51.3 Å². The molecule has 3 fully saturated rings. The summed E-state index contributed by atoms with van der Waals surface area (Å²) in [5.74, 6) is 0.533. The van der Waals surface area contributed by atoms with E-state index in [2.05, 4.69) is 32.0 Å². The molecule has 5 atom stereocenters. The molecule has 248 valence electrons. The van der Waals surface area contributed by atoms with Gasteiger partial charge in [0.2, 0.25) is 5.88 Å². The Bertz CT molecular complexity index is 1710. The molecule has 6 heterocycles. The van der Waals surface area contributed by atoms with Crippen molar-refractivity contribution in [2.24, 2.45) is 0 Å². The number of piperazine rings is 1. The van der Waals surface area contributed by atoms with Crippen LogP contribution in [0.3, 0.4) is 0 Å². The molecule has 3 N–H and O–H groups in total. The van der Waals surface area contributed by atoms with Crippen molar-refractivity contribution < 1.29 is 27.0 Å². The van der Waals surface area contributed by atoms with E-state index in [4.69, 9.17) is 43.4 Å². The van der Waals surface area contributed by atoms with Gasteiger partial charge >= 0.3 is 12.2 Å². The Morgan fingerprint density at radius 2 is 1.98 bits per heavy atom. The second-order valence-electron chi connectivity index (χ2n) is 12.9. The van der Waals surface area contributed by atoms with E-state index in [1.165, 1.54) is 6.92 Å². The number of rotatable bonds is 5. The normalized spacial score (nSPS) is 27.8. The third-order valence-electron chi connectivity index (χ3n) is 10.0. The number of nitrogens with zero attached hydrogens (tertiary/aromatic N) is 5. The first-order valence-electron chi connectivity index (χ1n) is 15.6. The van der Waals surface area contributed by atoms with Gasteiger partial charge in [-0.25, -0.2) is 9.37 Å². The number of nitrogens with one attached hydrogen (secondary N) is 1.